The van der Waals surface area contributed by atoms with Crippen LogP contribution in [0.25, 0.3) is 0 Å². The molecule has 110 valence electrons. The Morgan fingerprint density at radius 2 is 2.20 bits per heavy atom. The quantitative estimate of drug-likeness (QED) is 0.451. The molecule has 20 heavy (non-hydrogen) atoms. The zero-order chi connectivity index (χ0) is 15.3. The highest BCUT2D eigenvalue weighted by Gasteiger charge is 2.20. The normalized spacial score (nSPS) is 11.6. The monoisotopic (exact) mass is 303 g/mol. The summed E-state index contributed by atoms with van der Waals surface area (Å²) in [6.07, 6.45) is 1.92. The van der Waals surface area contributed by atoms with Crippen molar-refractivity contribution in [3.8, 4) is 0 Å². The van der Waals surface area contributed by atoms with Gasteiger partial charge >= 0.3 is 5.97 Å². The van der Waals surface area contributed by atoms with E-state index in [1.54, 1.807) is 21.0 Å². The van der Waals surface area contributed by atoms with E-state index < -0.39 is 32.4 Å². The van der Waals surface area contributed by atoms with Gasteiger partial charge in [-0.05, 0) is 13.0 Å². The summed E-state index contributed by atoms with van der Waals surface area (Å²) >= 11 is 0. The Kier molecular flexibility index (Phi) is 5.14. The van der Waals surface area contributed by atoms with E-state index in [1.165, 1.54) is 4.90 Å². The number of carbonyl (C=O) groups is 1. The van der Waals surface area contributed by atoms with Crippen LogP contribution in [0, 0.1) is 5.82 Å². The van der Waals surface area contributed by atoms with Crippen molar-refractivity contribution in [3.63, 3.8) is 0 Å². The van der Waals surface area contributed by atoms with E-state index in [4.69, 9.17) is 0 Å². The van der Waals surface area contributed by atoms with E-state index >= 15 is 0 Å². The Hall–Kier alpha value is -2.03. The van der Waals surface area contributed by atoms with E-state index in [0.29, 0.717) is 6.07 Å². The average Bonchev–Trinajstić information content (AvgIpc) is 2.36. The third kappa shape index (κ3) is 3.98. The molecule has 0 amide bonds. The molecule has 7 nitrogen and oxygen atoms in total. The van der Waals surface area contributed by atoms with Gasteiger partial charge in [0.25, 0.3) is 10.0 Å². The van der Waals surface area contributed by atoms with Crippen LogP contribution in [0.3, 0.4) is 0 Å². The van der Waals surface area contributed by atoms with Crippen molar-refractivity contribution in [3.05, 3.63) is 23.8 Å². The van der Waals surface area contributed by atoms with Crippen LogP contribution in [0.15, 0.2) is 21.6 Å². The number of sulfonamides is 1. The predicted molar refractivity (Wildman–Crippen MR) is 69.5 cm³/mol. The zero-order valence-corrected chi connectivity index (χ0v) is 12.0. The van der Waals surface area contributed by atoms with Crippen molar-refractivity contribution < 1.29 is 22.3 Å². The molecule has 0 unspecified atom stereocenters. The molecule has 0 aromatic carbocycles. The summed E-state index contributed by atoms with van der Waals surface area (Å²) in [6.45, 7) is 1.62. The average molecular weight is 303 g/mol. The number of aromatic nitrogens is 1. The van der Waals surface area contributed by atoms with Crippen LogP contribution in [0.5, 0.6) is 0 Å². The molecule has 1 heterocycles. The molecular weight excluding hydrogens is 289 g/mol. The lowest BCUT2D eigenvalue weighted by Crippen LogP contribution is -2.12. The summed E-state index contributed by atoms with van der Waals surface area (Å²) in [7, 11) is -0.889. The van der Waals surface area contributed by atoms with Gasteiger partial charge < -0.3 is 9.64 Å². The van der Waals surface area contributed by atoms with Gasteiger partial charge in [-0.2, -0.15) is 8.42 Å². The maximum absolute atomic E-state index is 13.7. The fourth-order valence-corrected chi connectivity index (χ4v) is 2.00. The molecule has 0 saturated heterocycles. The number of halogens is 1. The highest BCUT2D eigenvalue weighted by molar-refractivity contribution is 7.90. The molecule has 1 rings (SSSR count). The van der Waals surface area contributed by atoms with Gasteiger partial charge in [-0.25, -0.2) is 14.2 Å². The molecule has 0 bridgehead atoms. The highest BCUT2D eigenvalue weighted by Crippen LogP contribution is 2.15. The lowest BCUT2D eigenvalue weighted by atomic mass is 10.3. The molecule has 0 aliphatic rings. The Morgan fingerprint density at radius 3 is 2.70 bits per heavy atom. The fourth-order valence-electron chi connectivity index (χ4n) is 1.13. The van der Waals surface area contributed by atoms with Crippen LogP contribution in [0.4, 0.5) is 4.39 Å². The lowest BCUT2D eigenvalue weighted by molar-refractivity contribution is 0.0513. The largest absolute Gasteiger partial charge is 0.461 e. The molecule has 9 heteroatoms. The van der Waals surface area contributed by atoms with Crippen molar-refractivity contribution in [1.29, 1.82) is 0 Å². The molecule has 0 aliphatic carbocycles. The summed E-state index contributed by atoms with van der Waals surface area (Å²) in [4.78, 5) is 15.8. The molecule has 0 saturated carbocycles. The molecule has 0 N–H and O–H groups in total. The van der Waals surface area contributed by atoms with Gasteiger partial charge in [-0.15, -0.1) is 4.40 Å². The standard InChI is InChI=1S/C11H14FN3O4S/c1-4-19-11(16)10-9(12)5-8(6-13-10)20(17,18)14-7-15(2)3/h5-7H,4H2,1-3H3. The molecule has 0 atom stereocenters. The number of hydrogen-bond acceptors (Lipinski definition) is 5. The van der Waals surface area contributed by atoms with Crippen molar-refractivity contribution in [2.24, 2.45) is 4.40 Å². The topological polar surface area (TPSA) is 88.9 Å². The number of pyridine rings is 1. The second-order valence-electron chi connectivity index (χ2n) is 3.88. The van der Waals surface area contributed by atoms with Gasteiger partial charge in [0.15, 0.2) is 11.5 Å². The van der Waals surface area contributed by atoms with E-state index in [2.05, 4.69) is 14.1 Å². The molecular formula is C11H14FN3O4S. The minimum Gasteiger partial charge on any atom is -0.461 e. The number of carbonyl (C=O) groups excluding carboxylic acids is 1. The third-order valence-electron chi connectivity index (χ3n) is 2.00. The van der Waals surface area contributed by atoms with E-state index in [1.807, 2.05) is 0 Å². The second kappa shape index (κ2) is 6.42. The van der Waals surface area contributed by atoms with Gasteiger partial charge in [0.2, 0.25) is 0 Å². The summed E-state index contributed by atoms with van der Waals surface area (Å²) in [5, 5.41) is 0. The van der Waals surface area contributed by atoms with Gasteiger partial charge in [-0.1, -0.05) is 0 Å². The minimum absolute atomic E-state index is 0.0626. The molecule has 1 aromatic heterocycles. The first-order valence-electron chi connectivity index (χ1n) is 5.57. The number of hydrogen-bond donors (Lipinski definition) is 0. The zero-order valence-electron chi connectivity index (χ0n) is 11.2. The number of ether oxygens (including phenoxy) is 1. The summed E-state index contributed by atoms with van der Waals surface area (Å²) in [5.74, 6) is -2.03. The second-order valence-corrected chi connectivity index (χ2v) is 5.51. The van der Waals surface area contributed by atoms with Crippen LogP contribution in [-0.4, -0.2) is 51.3 Å². The number of esters is 1. The highest BCUT2D eigenvalue weighted by atomic mass is 32.2. The van der Waals surface area contributed by atoms with Crippen molar-refractivity contribution >= 4 is 22.3 Å². The molecule has 0 spiro atoms. The van der Waals surface area contributed by atoms with Gasteiger partial charge in [-0.3, -0.25) is 0 Å². The third-order valence-corrected chi connectivity index (χ3v) is 3.19. The first-order chi connectivity index (χ1) is 9.27. The molecule has 0 aliphatic heterocycles. The molecule has 1 aromatic rings. The van der Waals surface area contributed by atoms with Crippen LogP contribution in [-0.2, 0) is 14.8 Å². The van der Waals surface area contributed by atoms with Gasteiger partial charge in [0.1, 0.15) is 11.2 Å². The molecule has 0 fully saturated rings. The van der Waals surface area contributed by atoms with E-state index in [0.717, 1.165) is 12.5 Å². The smallest absolute Gasteiger partial charge is 0.359 e. The fraction of sp³-hybridized carbons (Fsp3) is 0.364. The Balaban J connectivity index is 3.12. The maximum atomic E-state index is 13.7. The predicted octanol–water partition coefficient (Wildman–Crippen LogP) is 0.676. The van der Waals surface area contributed by atoms with Crippen LogP contribution in [0.1, 0.15) is 17.4 Å². The number of rotatable bonds is 5. The van der Waals surface area contributed by atoms with Crippen molar-refractivity contribution in [2.45, 2.75) is 11.8 Å². The summed E-state index contributed by atoms with van der Waals surface area (Å²) < 4.78 is 45.1. The first kappa shape index (κ1) is 16.0. The maximum Gasteiger partial charge on any atom is 0.359 e. The SMILES string of the molecule is CCOC(=O)c1ncc(S(=O)(=O)N=CN(C)C)cc1F. The van der Waals surface area contributed by atoms with Crippen molar-refractivity contribution in [1.82, 2.24) is 9.88 Å². The lowest BCUT2D eigenvalue weighted by Gasteiger charge is -2.05. The van der Waals surface area contributed by atoms with E-state index in [-0.39, 0.29) is 6.61 Å². The van der Waals surface area contributed by atoms with Crippen LogP contribution in [0.2, 0.25) is 0 Å². The van der Waals surface area contributed by atoms with E-state index in [9.17, 15) is 17.6 Å². The van der Waals surface area contributed by atoms with Gasteiger partial charge in [0.05, 0.1) is 6.61 Å². The van der Waals surface area contributed by atoms with Gasteiger partial charge in [0, 0.05) is 20.3 Å². The summed E-state index contributed by atoms with van der Waals surface area (Å²) in [6, 6.07) is 0.682. The van der Waals surface area contributed by atoms with Crippen molar-refractivity contribution in [2.75, 3.05) is 20.7 Å². The molecule has 0 radical (unpaired) electrons. The minimum atomic E-state index is -4.06. The summed E-state index contributed by atoms with van der Waals surface area (Å²) in [5.41, 5.74) is -0.567. The number of nitrogens with zero attached hydrogens (tertiary/aromatic N) is 3. The first-order valence-corrected chi connectivity index (χ1v) is 7.01. The van der Waals surface area contributed by atoms with Crippen LogP contribution >= 0.6 is 0 Å². The Morgan fingerprint density at radius 1 is 1.55 bits per heavy atom. The Bertz CT molecular complexity index is 629. The Labute approximate surface area is 116 Å². The van der Waals surface area contributed by atoms with Crippen LogP contribution < -0.4 is 0 Å².